The third-order valence-corrected chi connectivity index (χ3v) is 4.82. The number of ether oxygens (including phenoxy) is 2. The molecule has 0 aliphatic heterocycles. The molecule has 2 heterocycles. The number of benzene rings is 3. The Labute approximate surface area is 182 Å². The fraction of sp³-hybridized carbons (Fsp3) is 0.0400. The van der Waals surface area contributed by atoms with Crippen molar-refractivity contribution in [3.8, 4) is 22.9 Å². The van der Waals surface area contributed by atoms with Gasteiger partial charge < -0.3 is 13.9 Å². The van der Waals surface area contributed by atoms with Gasteiger partial charge in [0.15, 0.2) is 0 Å². The van der Waals surface area contributed by atoms with Crippen LogP contribution in [0.25, 0.3) is 16.7 Å². The Bertz CT molecular complexity index is 1430. The molecule has 3 aromatic carbocycles. The van der Waals surface area contributed by atoms with Gasteiger partial charge in [-0.3, -0.25) is 4.79 Å². The Kier molecular flexibility index (Phi) is 5.13. The zero-order valence-electron chi connectivity index (χ0n) is 16.8. The van der Waals surface area contributed by atoms with E-state index in [0.717, 1.165) is 11.3 Å². The maximum Gasteiger partial charge on any atom is 0.235 e. The van der Waals surface area contributed by atoms with E-state index in [1.165, 1.54) is 30.5 Å². The van der Waals surface area contributed by atoms with Gasteiger partial charge in [-0.1, -0.05) is 18.2 Å². The topological polar surface area (TPSA) is 66.5 Å². The number of halogens is 1. The number of aromatic nitrogens is 2. The highest BCUT2D eigenvalue weighted by atomic mass is 19.1. The van der Waals surface area contributed by atoms with Crippen molar-refractivity contribution in [2.75, 3.05) is 0 Å². The molecular formula is C25H17FN2O4. The van der Waals surface area contributed by atoms with Crippen LogP contribution in [0.1, 0.15) is 5.56 Å². The lowest BCUT2D eigenvalue weighted by molar-refractivity contribution is 0.306. The van der Waals surface area contributed by atoms with Crippen molar-refractivity contribution in [1.82, 2.24) is 9.78 Å². The van der Waals surface area contributed by atoms with Crippen molar-refractivity contribution in [3.05, 3.63) is 113 Å². The van der Waals surface area contributed by atoms with Gasteiger partial charge in [0.2, 0.25) is 11.2 Å². The van der Waals surface area contributed by atoms with Crippen LogP contribution in [-0.2, 0) is 6.61 Å². The second-order valence-electron chi connectivity index (χ2n) is 7.06. The Hall–Kier alpha value is -4.39. The molecule has 158 valence electrons. The van der Waals surface area contributed by atoms with Crippen LogP contribution >= 0.6 is 0 Å². The quantitative estimate of drug-likeness (QED) is 0.358. The van der Waals surface area contributed by atoms with Gasteiger partial charge in [-0.25, -0.2) is 9.07 Å². The summed E-state index contributed by atoms with van der Waals surface area (Å²) >= 11 is 0. The minimum atomic E-state index is -0.386. The molecule has 7 heteroatoms. The molecule has 0 unspecified atom stereocenters. The molecule has 6 nitrogen and oxygen atoms in total. The van der Waals surface area contributed by atoms with Gasteiger partial charge in [-0.2, -0.15) is 5.10 Å². The van der Waals surface area contributed by atoms with Gasteiger partial charge in [-0.15, -0.1) is 0 Å². The van der Waals surface area contributed by atoms with Crippen molar-refractivity contribution in [2.24, 2.45) is 0 Å². The molecule has 0 fully saturated rings. The summed E-state index contributed by atoms with van der Waals surface area (Å²) in [6, 6.07) is 20.2. The number of fused-ring (bicyclic) bond motifs is 1. The molecule has 0 aliphatic carbocycles. The summed E-state index contributed by atoms with van der Waals surface area (Å²) in [6.45, 7) is 0.314. The van der Waals surface area contributed by atoms with Crippen LogP contribution in [0.2, 0.25) is 0 Å². The van der Waals surface area contributed by atoms with Gasteiger partial charge in [0.25, 0.3) is 0 Å². The van der Waals surface area contributed by atoms with Crippen LogP contribution in [0, 0.1) is 5.82 Å². The van der Waals surface area contributed by atoms with E-state index >= 15 is 0 Å². The van der Waals surface area contributed by atoms with E-state index in [-0.39, 0.29) is 17.0 Å². The third kappa shape index (κ3) is 4.09. The molecule has 0 N–H and O–H groups in total. The van der Waals surface area contributed by atoms with Crippen LogP contribution in [0.15, 0.2) is 101 Å². The Balaban J connectivity index is 1.31. The number of hydrogen-bond donors (Lipinski definition) is 0. The van der Waals surface area contributed by atoms with Crippen LogP contribution in [0.4, 0.5) is 4.39 Å². The summed E-state index contributed by atoms with van der Waals surface area (Å²) in [5, 5.41) is 4.71. The lowest BCUT2D eigenvalue weighted by Gasteiger charge is -2.07. The summed E-state index contributed by atoms with van der Waals surface area (Å²) < 4.78 is 31.8. The molecule has 0 aliphatic rings. The second kappa shape index (κ2) is 8.39. The van der Waals surface area contributed by atoms with Crippen molar-refractivity contribution >= 4 is 11.0 Å². The smallest absolute Gasteiger partial charge is 0.235 e. The highest BCUT2D eigenvalue weighted by Crippen LogP contribution is 2.24. The van der Waals surface area contributed by atoms with E-state index in [9.17, 15) is 9.18 Å². The maximum absolute atomic E-state index is 13.0. The minimum Gasteiger partial charge on any atom is -0.489 e. The van der Waals surface area contributed by atoms with Gasteiger partial charge in [-0.05, 0) is 48.5 Å². The summed E-state index contributed by atoms with van der Waals surface area (Å²) in [4.78, 5) is 12.7. The van der Waals surface area contributed by atoms with Crippen molar-refractivity contribution < 1.29 is 18.3 Å². The van der Waals surface area contributed by atoms with Crippen LogP contribution in [0.3, 0.4) is 0 Å². The van der Waals surface area contributed by atoms with Crippen molar-refractivity contribution in [1.29, 1.82) is 0 Å². The molecule has 0 saturated heterocycles. The van der Waals surface area contributed by atoms with E-state index in [4.69, 9.17) is 13.9 Å². The number of nitrogens with zero attached hydrogens (tertiary/aromatic N) is 2. The summed E-state index contributed by atoms with van der Waals surface area (Å²) in [5.41, 5.74) is 1.91. The number of para-hydroxylation sites is 1. The molecule has 0 saturated carbocycles. The maximum atomic E-state index is 13.0. The predicted octanol–water partition coefficient (Wildman–Crippen LogP) is 5.49. The first kappa shape index (κ1) is 19.6. The zero-order chi connectivity index (χ0) is 21.9. The molecule has 2 aromatic heterocycles. The molecule has 0 radical (unpaired) electrons. The Morgan fingerprint density at radius 2 is 1.75 bits per heavy atom. The summed E-state index contributed by atoms with van der Waals surface area (Å²) in [5.74, 6) is 0.531. The SMILES string of the molecule is O=c1c(Oc2ccc(F)cc2)coc2cc(OCc3cnn(-c4ccccc4)c3)ccc12. The van der Waals surface area contributed by atoms with Crippen LogP contribution < -0.4 is 14.9 Å². The molecule has 32 heavy (non-hydrogen) atoms. The molecule has 0 amide bonds. The summed E-state index contributed by atoms with van der Waals surface area (Å²) in [6.07, 6.45) is 4.88. The predicted molar refractivity (Wildman–Crippen MR) is 117 cm³/mol. The van der Waals surface area contributed by atoms with Crippen molar-refractivity contribution in [3.63, 3.8) is 0 Å². The van der Waals surface area contributed by atoms with E-state index in [0.29, 0.717) is 29.1 Å². The highest BCUT2D eigenvalue weighted by molar-refractivity contribution is 5.79. The minimum absolute atomic E-state index is 0.0195. The Morgan fingerprint density at radius 1 is 0.969 bits per heavy atom. The third-order valence-electron chi connectivity index (χ3n) is 4.82. The average molecular weight is 428 g/mol. The fourth-order valence-corrected chi connectivity index (χ4v) is 3.20. The van der Waals surface area contributed by atoms with Gasteiger partial charge >= 0.3 is 0 Å². The van der Waals surface area contributed by atoms with Gasteiger partial charge in [0.05, 0.1) is 17.3 Å². The lowest BCUT2D eigenvalue weighted by atomic mass is 10.2. The fourth-order valence-electron chi connectivity index (χ4n) is 3.20. The molecule has 5 rings (SSSR count). The summed E-state index contributed by atoms with van der Waals surface area (Å²) in [7, 11) is 0. The first-order chi connectivity index (χ1) is 15.7. The van der Waals surface area contributed by atoms with E-state index in [1.807, 2.05) is 36.5 Å². The molecule has 0 atom stereocenters. The van der Waals surface area contributed by atoms with Crippen LogP contribution in [0.5, 0.6) is 17.2 Å². The van der Waals surface area contributed by atoms with Crippen LogP contribution in [-0.4, -0.2) is 9.78 Å². The number of rotatable bonds is 6. The van der Waals surface area contributed by atoms with E-state index < -0.39 is 0 Å². The average Bonchev–Trinajstić information content (AvgIpc) is 3.31. The standard InChI is InChI=1S/C25H17FN2O4/c26-18-6-8-20(9-7-18)32-24-16-31-23-12-21(10-11-22(23)25(24)29)30-15-17-13-27-28(14-17)19-4-2-1-3-5-19/h1-14,16H,15H2. The van der Waals surface area contributed by atoms with E-state index in [1.54, 1.807) is 29.1 Å². The highest BCUT2D eigenvalue weighted by Gasteiger charge is 2.11. The molecule has 0 spiro atoms. The zero-order valence-corrected chi connectivity index (χ0v) is 16.8. The first-order valence-corrected chi connectivity index (χ1v) is 9.86. The number of hydrogen-bond acceptors (Lipinski definition) is 5. The molecule has 0 bridgehead atoms. The first-order valence-electron chi connectivity index (χ1n) is 9.86. The van der Waals surface area contributed by atoms with Crippen molar-refractivity contribution in [2.45, 2.75) is 6.61 Å². The normalized spacial score (nSPS) is 10.9. The monoisotopic (exact) mass is 428 g/mol. The van der Waals surface area contributed by atoms with Gasteiger partial charge in [0.1, 0.15) is 35.8 Å². The largest absolute Gasteiger partial charge is 0.489 e. The van der Waals surface area contributed by atoms with E-state index in [2.05, 4.69) is 5.10 Å². The molecule has 5 aromatic rings. The molecular weight excluding hydrogens is 411 g/mol. The second-order valence-corrected chi connectivity index (χ2v) is 7.06. The lowest BCUT2D eigenvalue weighted by Crippen LogP contribution is -2.05. The Morgan fingerprint density at radius 3 is 2.56 bits per heavy atom. The van der Waals surface area contributed by atoms with Gasteiger partial charge in [0, 0.05) is 17.8 Å².